The second kappa shape index (κ2) is 8.67. The normalized spacial score (nSPS) is 16.5. The highest BCUT2D eigenvalue weighted by Crippen LogP contribution is 2.12. The van der Waals surface area contributed by atoms with E-state index in [0.29, 0.717) is 13.0 Å². The molecule has 5 nitrogen and oxygen atoms in total. The van der Waals surface area contributed by atoms with Gasteiger partial charge in [-0.05, 0) is 25.3 Å². The third-order valence-corrected chi connectivity index (χ3v) is 4.32. The van der Waals surface area contributed by atoms with Gasteiger partial charge in [-0.1, -0.05) is 42.7 Å². The van der Waals surface area contributed by atoms with Gasteiger partial charge in [0.2, 0.25) is 11.8 Å². The number of carbonyl (C=O) groups excluding carboxylic acids is 2. The Kier molecular flexibility index (Phi) is 6.59. The van der Waals surface area contributed by atoms with Gasteiger partial charge in [-0.25, -0.2) is 0 Å². The van der Waals surface area contributed by atoms with Crippen LogP contribution in [0.4, 0.5) is 0 Å². The predicted molar refractivity (Wildman–Crippen MR) is 90.8 cm³/mol. The minimum Gasteiger partial charge on any atom is -0.354 e. The molecule has 0 saturated carbocycles. The molecule has 0 aliphatic carbocycles. The van der Waals surface area contributed by atoms with Gasteiger partial charge in [0.15, 0.2) is 0 Å². The Hall–Kier alpha value is -1.88. The standard InChI is InChI=1S/C18H27N3O2/c1-14-6-8-15(9-7-14)17(19)18(23)20-11-10-16(22)21-12-4-2-3-5-13-21/h6-9,17H,2-5,10-13,19H2,1H3,(H,20,23). The van der Waals surface area contributed by atoms with E-state index in [2.05, 4.69) is 5.32 Å². The molecule has 0 spiro atoms. The van der Waals surface area contributed by atoms with Crippen LogP contribution in [0.5, 0.6) is 0 Å². The van der Waals surface area contributed by atoms with Gasteiger partial charge in [0, 0.05) is 26.1 Å². The minimum atomic E-state index is -0.691. The number of carbonyl (C=O) groups is 2. The molecule has 1 aliphatic heterocycles. The molecule has 0 aromatic heterocycles. The average Bonchev–Trinajstić information content (AvgIpc) is 2.84. The summed E-state index contributed by atoms with van der Waals surface area (Å²) in [6.45, 7) is 4.02. The van der Waals surface area contributed by atoms with E-state index in [4.69, 9.17) is 5.73 Å². The number of aryl methyl sites for hydroxylation is 1. The molecule has 1 aromatic carbocycles. The fourth-order valence-corrected chi connectivity index (χ4v) is 2.81. The molecule has 2 amide bonds. The third kappa shape index (κ3) is 5.36. The number of hydrogen-bond donors (Lipinski definition) is 2. The van der Waals surface area contributed by atoms with Crippen LogP contribution in [0.3, 0.4) is 0 Å². The van der Waals surface area contributed by atoms with Crippen LogP contribution in [-0.4, -0.2) is 36.3 Å². The molecule has 5 heteroatoms. The number of nitrogens with two attached hydrogens (primary N) is 1. The van der Waals surface area contributed by atoms with Gasteiger partial charge in [0.25, 0.3) is 0 Å². The molecule has 23 heavy (non-hydrogen) atoms. The van der Waals surface area contributed by atoms with Crippen LogP contribution >= 0.6 is 0 Å². The molecule has 1 fully saturated rings. The molecule has 3 N–H and O–H groups in total. The van der Waals surface area contributed by atoms with Gasteiger partial charge in [0.1, 0.15) is 6.04 Å². The summed E-state index contributed by atoms with van der Waals surface area (Å²) in [7, 11) is 0. The van der Waals surface area contributed by atoms with Crippen LogP contribution in [-0.2, 0) is 9.59 Å². The van der Waals surface area contributed by atoms with E-state index in [9.17, 15) is 9.59 Å². The Balaban J connectivity index is 1.75. The van der Waals surface area contributed by atoms with Crippen molar-refractivity contribution < 1.29 is 9.59 Å². The number of hydrogen-bond acceptors (Lipinski definition) is 3. The van der Waals surface area contributed by atoms with Crippen molar-refractivity contribution in [3.8, 4) is 0 Å². The van der Waals surface area contributed by atoms with Gasteiger partial charge in [0.05, 0.1) is 0 Å². The number of nitrogens with zero attached hydrogens (tertiary/aromatic N) is 1. The number of benzene rings is 1. The molecule has 1 aliphatic rings. The smallest absolute Gasteiger partial charge is 0.241 e. The maximum absolute atomic E-state index is 12.2. The Morgan fingerprint density at radius 1 is 1.13 bits per heavy atom. The molecular formula is C18H27N3O2. The predicted octanol–water partition coefficient (Wildman–Crippen LogP) is 1.90. The quantitative estimate of drug-likeness (QED) is 0.871. The lowest BCUT2D eigenvalue weighted by molar-refractivity contribution is -0.131. The van der Waals surface area contributed by atoms with Crippen molar-refractivity contribution in [3.63, 3.8) is 0 Å². The number of likely N-dealkylation sites (tertiary alicyclic amines) is 1. The van der Waals surface area contributed by atoms with Crippen LogP contribution < -0.4 is 11.1 Å². The van der Waals surface area contributed by atoms with Gasteiger partial charge >= 0.3 is 0 Å². The Morgan fingerprint density at radius 2 is 1.74 bits per heavy atom. The lowest BCUT2D eigenvalue weighted by Crippen LogP contribution is -2.38. The highest BCUT2D eigenvalue weighted by Gasteiger charge is 2.18. The molecular weight excluding hydrogens is 290 g/mol. The van der Waals surface area contributed by atoms with Crippen LogP contribution in [0.15, 0.2) is 24.3 Å². The number of nitrogens with one attached hydrogen (secondary N) is 1. The second-order valence-electron chi connectivity index (χ2n) is 6.22. The number of rotatable bonds is 5. The topological polar surface area (TPSA) is 75.4 Å². The first-order valence-corrected chi connectivity index (χ1v) is 8.45. The molecule has 0 radical (unpaired) electrons. The monoisotopic (exact) mass is 317 g/mol. The largest absolute Gasteiger partial charge is 0.354 e. The summed E-state index contributed by atoms with van der Waals surface area (Å²) < 4.78 is 0. The summed E-state index contributed by atoms with van der Waals surface area (Å²) in [5, 5.41) is 2.77. The SMILES string of the molecule is Cc1ccc(C(N)C(=O)NCCC(=O)N2CCCCCC2)cc1. The Morgan fingerprint density at radius 3 is 2.35 bits per heavy atom. The zero-order chi connectivity index (χ0) is 16.7. The summed E-state index contributed by atoms with van der Waals surface area (Å²) in [4.78, 5) is 26.1. The molecule has 2 rings (SSSR count). The van der Waals surface area contributed by atoms with E-state index in [1.165, 1.54) is 12.8 Å². The first kappa shape index (κ1) is 17.5. The lowest BCUT2D eigenvalue weighted by atomic mass is 10.1. The van der Waals surface area contributed by atoms with Crippen LogP contribution in [0.1, 0.15) is 49.3 Å². The van der Waals surface area contributed by atoms with E-state index in [-0.39, 0.29) is 11.8 Å². The van der Waals surface area contributed by atoms with E-state index in [1.807, 2.05) is 36.1 Å². The molecule has 126 valence electrons. The maximum Gasteiger partial charge on any atom is 0.241 e. The van der Waals surface area contributed by atoms with E-state index >= 15 is 0 Å². The maximum atomic E-state index is 12.2. The van der Waals surface area contributed by atoms with Crippen LogP contribution in [0.2, 0.25) is 0 Å². The molecule has 0 bridgehead atoms. The zero-order valence-electron chi connectivity index (χ0n) is 13.9. The van der Waals surface area contributed by atoms with Gasteiger partial charge in [-0.3, -0.25) is 9.59 Å². The van der Waals surface area contributed by atoms with E-state index < -0.39 is 6.04 Å². The fourth-order valence-electron chi connectivity index (χ4n) is 2.81. The van der Waals surface area contributed by atoms with Crippen molar-refractivity contribution in [3.05, 3.63) is 35.4 Å². The summed E-state index contributed by atoms with van der Waals surface area (Å²) in [5.41, 5.74) is 7.87. The van der Waals surface area contributed by atoms with Crippen molar-refractivity contribution >= 4 is 11.8 Å². The molecule has 1 unspecified atom stereocenters. The van der Waals surface area contributed by atoms with Crippen LogP contribution in [0.25, 0.3) is 0 Å². The molecule has 1 saturated heterocycles. The van der Waals surface area contributed by atoms with E-state index in [1.54, 1.807) is 0 Å². The van der Waals surface area contributed by atoms with Gasteiger partial charge < -0.3 is 16.0 Å². The Labute approximate surface area is 138 Å². The third-order valence-electron chi connectivity index (χ3n) is 4.32. The van der Waals surface area contributed by atoms with Crippen molar-refractivity contribution in [1.29, 1.82) is 0 Å². The van der Waals surface area contributed by atoms with Crippen molar-refractivity contribution in [2.24, 2.45) is 5.73 Å². The summed E-state index contributed by atoms with van der Waals surface area (Å²) >= 11 is 0. The second-order valence-corrected chi connectivity index (χ2v) is 6.22. The minimum absolute atomic E-state index is 0.121. The van der Waals surface area contributed by atoms with Gasteiger partial charge in [-0.2, -0.15) is 0 Å². The summed E-state index contributed by atoms with van der Waals surface area (Å²) in [6.07, 6.45) is 4.90. The summed E-state index contributed by atoms with van der Waals surface area (Å²) in [5.74, 6) is -0.117. The first-order valence-electron chi connectivity index (χ1n) is 8.45. The van der Waals surface area contributed by atoms with Crippen molar-refractivity contribution in [2.75, 3.05) is 19.6 Å². The zero-order valence-corrected chi connectivity index (χ0v) is 13.9. The summed E-state index contributed by atoms with van der Waals surface area (Å²) in [6, 6.07) is 6.91. The molecule has 1 aromatic rings. The van der Waals surface area contributed by atoms with Crippen molar-refractivity contribution in [2.45, 2.75) is 45.1 Å². The highest BCUT2D eigenvalue weighted by atomic mass is 16.2. The van der Waals surface area contributed by atoms with Crippen LogP contribution in [0, 0.1) is 6.92 Å². The number of amides is 2. The van der Waals surface area contributed by atoms with E-state index in [0.717, 1.165) is 37.1 Å². The molecule has 1 heterocycles. The van der Waals surface area contributed by atoms with Gasteiger partial charge in [-0.15, -0.1) is 0 Å². The Bertz CT molecular complexity index is 520. The fraction of sp³-hybridized carbons (Fsp3) is 0.556. The lowest BCUT2D eigenvalue weighted by Gasteiger charge is -2.20. The highest BCUT2D eigenvalue weighted by molar-refractivity contribution is 5.83. The average molecular weight is 317 g/mol. The van der Waals surface area contributed by atoms with Crippen molar-refractivity contribution in [1.82, 2.24) is 10.2 Å². The molecule has 1 atom stereocenters. The first-order chi connectivity index (χ1) is 11.1.